The Bertz CT molecular complexity index is 1730. The molecule has 2 aliphatic rings. The van der Waals surface area contributed by atoms with Crippen LogP contribution in [0.1, 0.15) is 22.8 Å². The molecule has 0 bridgehead atoms. The van der Waals surface area contributed by atoms with Crippen molar-refractivity contribution in [3.63, 3.8) is 0 Å². The van der Waals surface area contributed by atoms with E-state index in [0.29, 0.717) is 6.20 Å². The number of hydrogen-bond donors (Lipinski definition) is 7. The van der Waals surface area contributed by atoms with E-state index in [-0.39, 0.29) is 17.0 Å². The van der Waals surface area contributed by atoms with Crippen LogP contribution in [0.2, 0.25) is 0 Å². The largest absolute Gasteiger partial charge is 0.481 e. The van der Waals surface area contributed by atoms with Crippen LogP contribution in [0.5, 0.6) is 0 Å². The van der Waals surface area contributed by atoms with Gasteiger partial charge in [-0.15, -0.1) is 0 Å². The van der Waals surface area contributed by atoms with E-state index >= 15 is 0 Å². The number of imidazole rings is 1. The number of nitrogens with zero attached hydrogens (tertiary/aromatic N) is 5. The summed E-state index contributed by atoms with van der Waals surface area (Å²) in [5, 5.41) is 41.5. The van der Waals surface area contributed by atoms with Crippen LogP contribution in [0.25, 0.3) is 11.2 Å². The number of phosphoric acid groups is 2. The second kappa shape index (κ2) is 13.1. The van der Waals surface area contributed by atoms with Crippen molar-refractivity contribution >= 4 is 38.4 Å². The molecule has 8 N–H and O–H groups in total. The zero-order valence-corrected chi connectivity index (χ0v) is 25.1. The van der Waals surface area contributed by atoms with E-state index in [1.54, 1.807) is 0 Å². The molecular weight excluding hydrogens is 691 g/mol. The molecule has 0 radical (unpaired) electrons. The third kappa shape index (κ3) is 7.52. The molecule has 5 rings (SSSR count). The predicted octanol–water partition coefficient (Wildman–Crippen LogP) is -1.37. The van der Waals surface area contributed by atoms with Crippen molar-refractivity contribution in [2.45, 2.75) is 55.3 Å². The SMILES string of the molecule is Nc1ncnc2c1ncn2[C@@H]1O[C@H](COP(=O)(O)OP(=O)(O)OC[C@H]2O[C@@H]([n+]3cccc(C(=O)C(F)(F)F)c3)[C@H](O)[C@@H]2O)[C@@H](O)[C@H]1O. The van der Waals surface area contributed by atoms with E-state index in [2.05, 4.69) is 28.3 Å². The van der Waals surface area contributed by atoms with Crippen molar-refractivity contribution in [3.05, 3.63) is 42.7 Å². The van der Waals surface area contributed by atoms with E-state index in [4.69, 9.17) is 15.2 Å². The summed E-state index contributed by atoms with van der Waals surface area (Å²) in [5.41, 5.74) is 5.21. The van der Waals surface area contributed by atoms with Gasteiger partial charge in [-0.2, -0.15) is 22.0 Å². The number of anilines is 1. The highest BCUT2D eigenvalue weighted by Gasteiger charge is 2.51. The molecule has 0 amide bonds. The van der Waals surface area contributed by atoms with Gasteiger partial charge < -0.3 is 45.4 Å². The predicted molar refractivity (Wildman–Crippen MR) is 141 cm³/mol. The minimum Gasteiger partial charge on any atom is -0.387 e. The Balaban J connectivity index is 1.16. The average Bonchev–Trinajstić information content (AvgIpc) is 3.64. The summed E-state index contributed by atoms with van der Waals surface area (Å²) in [7, 11) is -11.0. The number of hydrogen-bond acceptors (Lipinski definition) is 16. The lowest BCUT2D eigenvalue weighted by Gasteiger charge is -2.20. The van der Waals surface area contributed by atoms with Gasteiger partial charge in [0.15, 0.2) is 36.2 Å². The minimum absolute atomic E-state index is 0.0203. The lowest BCUT2D eigenvalue weighted by atomic mass is 10.1. The van der Waals surface area contributed by atoms with E-state index in [0.717, 1.165) is 29.2 Å². The molecule has 3 aromatic rings. The molecule has 0 aliphatic carbocycles. The normalized spacial score (nSPS) is 30.7. The molecule has 2 unspecified atom stereocenters. The summed E-state index contributed by atoms with van der Waals surface area (Å²) >= 11 is 0. The quantitative estimate of drug-likeness (QED) is 0.0684. The van der Waals surface area contributed by atoms with Gasteiger partial charge in [-0.3, -0.25) is 18.4 Å². The fraction of sp³-hybridized carbons (Fsp3) is 0.500. The molecule has 10 atom stereocenters. The van der Waals surface area contributed by atoms with Crippen LogP contribution in [-0.4, -0.2) is 112 Å². The number of nitrogen functional groups attached to an aromatic ring is 1. The number of ether oxygens (including phenoxy) is 2. The second-order valence-corrected chi connectivity index (χ2v) is 13.2. The molecule has 2 aliphatic heterocycles. The van der Waals surface area contributed by atoms with Gasteiger partial charge in [-0.05, 0) is 6.07 Å². The number of alkyl halides is 3. The first-order valence-electron chi connectivity index (χ1n) is 13.1. The van der Waals surface area contributed by atoms with Gasteiger partial charge in [0.2, 0.25) is 0 Å². The van der Waals surface area contributed by atoms with Crippen molar-refractivity contribution in [1.82, 2.24) is 19.5 Å². The van der Waals surface area contributed by atoms with Gasteiger partial charge in [0.1, 0.15) is 42.4 Å². The third-order valence-corrected chi connectivity index (χ3v) is 9.58. The van der Waals surface area contributed by atoms with Crippen molar-refractivity contribution in [2.75, 3.05) is 18.9 Å². The first kappa shape index (κ1) is 35.3. The fourth-order valence-corrected chi connectivity index (χ4v) is 6.82. The highest BCUT2D eigenvalue weighted by Crippen LogP contribution is 2.60. The molecule has 2 fully saturated rings. The molecule has 3 aromatic heterocycles. The summed E-state index contributed by atoms with van der Waals surface area (Å²) in [5.74, 6) is -2.17. The zero-order valence-electron chi connectivity index (χ0n) is 23.3. The summed E-state index contributed by atoms with van der Waals surface area (Å²) < 4.78 is 89.7. The van der Waals surface area contributed by atoms with Gasteiger partial charge in [-0.25, -0.2) is 24.1 Å². The summed E-state index contributed by atoms with van der Waals surface area (Å²) in [6.45, 7) is -2.02. The molecule has 0 spiro atoms. The number of rotatable bonds is 11. The number of carbonyl (C=O) groups excluding carboxylic acids is 1. The fourth-order valence-electron chi connectivity index (χ4n) is 4.73. The maximum Gasteiger partial charge on any atom is 0.481 e. The zero-order chi connectivity index (χ0) is 34.5. The number of aliphatic hydroxyl groups excluding tert-OH is 4. The van der Waals surface area contributed by atoms with Crippen LogP contribution < -0.4 is 10.3 Å². The Hall–Kier alpha value is -3.02. The van der Waals surface area contributed by atoms with Crippen LogP contribution in [0.3, 0.4) is 0 Å². The van der Waals surface area contributed by atoms with Gasteiger partial charge in [-0.1, -0.05) is 0 Å². The molecule has 25 heteroatoms. The topological polar surface area (TPSA) is 292 Å². The lowest BCUT2D eigenvalue weighted by molar-refractivity contribution is -0.765. The van der Waals surface area contributed by atoms with E-state index < -0.39 is 95.5 Å². The number of phosphoric ester groups is 2. The molecule has 258 valence electrons. The van der Waals surface area contributed by atoms with Crippen molar-refractivity contribution in [1.29, 1.82) is 0 Å². The number of Topliss-reactive ketones (excluding diaryl/α,β-unsaturated/α-hetero) is 1. The smallest absolute Gasteiger partial charge is 0.387 e. The number of pyridine rings is 1. The van der Waals surface area contributed by atoms with Crippen molar-refractivity contribution in [3.8, 4) is 0 Å². The van der Waals surface area contributed by atoms with E-state index in [9.17, 15) is 57.3 Å². The highest BCUT2D eigenvalue weighted by molar-refractivity contribution is 7.61. The molecule has 20 nitrogen and oxygen atoms in total. The van der Waals surface area contributed by atoms with Gasteiger partial charge in [0, 0.05) is 6.07 Å². The molecule has 2 saturated heterocycles. The molecule has 0 aromatic carbocycles. The first-order valence-corrected chi connectivity index (χ1v) is 16.1. The second-order valence-electron chi connectivity index (χ2n) is 10.2. The monoisotopic (exact) mass is 717 g/mol. The third-order valence-electron chi connectivity index (χ3n) is 6.98. The Morgan fingerprint density at radius 3 is 2.23 bits per heavy atom. The Morgan fingerprint density at radius 2 is 1.60 bits per heavy atom. The highest BCUT2D eigenvalue weighted by atomic mass is 31.3. The average molecular weight is 717 g/mol. The number of aliphatic hydroxyl groups is 4. The maximum atomic E-state index is 12.8. The van der Waals surface area contributed by atoms with Crippen LogP contribution in [0, 0.1) is 0 Å². The first-order chi connectivity index (χ1) is 21.9. The van der Waals surface area contributed by atoms with Crippen molar-refractivity contribution in [2.24, 2.45) is 0 Å². The van der Waals surface area contributed by atoms with Crippen LogP contribution in [0.15, 0.2) is 37.2 Å². The molecule has 47 heavy (non-hydrogen) atoms. The number of ketones is 1. The summed E-state index contributed by atoms with van der Waals surface area (Å²) in [6.07, 6.45) is -14.1. The summed E-state index contributed by atoms with van der Waals surface area (Å²) in [6, 6.07) is 1.90. The van der Waals surface area contributed by atoms with E-state index in [1.165, 1.54) is 10.9 Å². The lowest BCUT2D eigenvalue weighted by Crippen LogP contribution is -2.46. The van der Waals surface area contributed by atoms with Crippen LogP contribution >= 0.6 is 15.6 Å². The minimum atomic E-state index is -5.49. The summed E-state index contributed by atoms with van der Waals surface area (Å²) in [4.78, 5) is 43.3. The van der Waals surface area contributed by atoms with E-state index in [1.807, 2.05) is 0 Å². The number of nitrogens with two attached hydrogens (primary N) is 1. The van der Waals surface area contributed by atoms with Gasteiger partial charge in [0.25, 0.3) is 12.0 Å². The number of halogens is 3. The maximum absolute atomic E-state index is 12.8. The Morgan fingerprint density at radius 1 is 0.979 bits per heavy atom. The Labute approximate surface area is 259 Å². The number of carbonyl (C=O) groups is 1. The Kier molecular flexibility index (Phi) is 9.85. The van der Waals surface area contributed by atoms with Crippen molar-refractivity contribution < 1.29 is 84.7 Å². The standard InChI is InChI=1S/C22H25F3N6O14P2/c23-22(24,25)17(36)9-2-1-3-30(4-9)20-15(34)13(32)10(43-20)5-41-46(37,38)45-47(39,40)42-6-11-14(33)16(35)21(44-11)31-8-29-12-18(26)27-7-28-19(12)31/h1-4,7-8,10-11,13-16,20-21,32-35H,5-6H2,(H3-,26,27,28,37,38,39,40)/p+1/t10-,11-,13-,14-,15-,16-,20-,21-/m1/s1. The molecule has 5 heterocycles. The molecular formula is C22H26F3N6O14P2+. The van der Waals surface area contributed by atoms with Gasteiger partial charge >= 0.3 is 21.8 Å². The van der Waals surface area contributed by atoms with Crippen LogP contribution in [-0.2, 0) is 32.0 Å². The number of fused-ring (bicyclic) bond motifs is 1. The number of aromatic nitrogens is 5. The molecule has 0 saturated carbocycles. The van der Waals surface area contributed by atoms with Crippen LogP contribution in [0.4, 0.5) is 19.0 Å². The van der Waals surface area contributed by atoms with Gasteiger partial charge in [0.05, 0.1) is 25.1 Å².